The van der Waals surface area contributed by atoms with Crippen LogP contribution in [-0.4, -0.2) is 22.7 Å². The number of hydrogen-bond acceptors (Lipinski definition) is 3. The van der Waals surface area contributed by atoms with Gasteiger partial charge < -0.3 is 10.2 Å². The van der Waals surface area contributed by atoms with E-state index in [-0.39, 0.29) is 17.1 Å². The Bertz CT molecular complexity index is 372. The van der Waals surface area contributed by atoms with Crippen molar-refractivity contribution in [3.63, 3.8) is 0 Å². The van der Waals surface area contributed by atoms with Crippen LogP contribution in [0.5, 0.6) is 11.5 Å². The molecule has 0 heterocycles. The zero-order chi connectivity index (χ0) is 10.6. The van der Waals surface area contributed by atoms with Crippen molar-refractivity contribution in [3.05, 3.63) is 35.9 Å². The Hall–Kier alpha value is -1.84. The third kappa shape index (κ3) is 2.32. The minimum absolute atomic E-state index is 0.0347. The van der Waals surface area contributed by atoms with E-state index < -0.39 is 12.5 Å². The summed E-state index contributed by atoms with van der Waals surface area (Å²) in [4.78, 5) is 11.2. The molecule has 0 amide bonds. The Balaban J connectivity index is 2.96. The van der Waals surface area contributed by atoms with E-state index >= 15 is 0 Å². The lowest BCUT2D eigenvalue weighted by Crippen LogP contribution is -1.94. The Labute approximate surface area is 80.1 Å². The summed E-state index contributed by atoms with van der Waals surface area (Å²) in [5, 5.41) is 18.2. The molecule has 0 saturated heterocycles. The Morgan fingerprint density at radius 2 is 2.14 bits per heavy atom. The molecule has 4 heteroatoms. The molecule has 14 heavy (non-hydrogen) atoms. The first-order valence-corrected chi connectivity index (χ1v) is 3.94. The summed E-state index contributed by atoms with van der Waals surface area (Å²) >= 11 is 0. The zero-order valence-electron chi connectivity index (χ0n) is 7.27. The van der Waals surface area contributed by atoms with Crippen LogP contribution >= 0.6 is 0 Å². The molecule has 0 aromatic heterocycles. The smallest absolute Gasteiger partial charge is 0.189 e. The number of rotatable bonds is 3. The number of phenolic OH excluding ortho intramolecular Hbond substituents is 2. The average molecular weight is 196 g/mol. The minimum atomic E-state index is -0.732. The first-order valence-electron chi connectivity index (χ1n) is 3.94. The van der Waals surface area contributed by atoms with Gasteiger partial charge in [-0.3, -0.25) is 4.79 Å². The Kier molecular flexibility index (Phi) is 3.23. The molecule has 0 bridgehead atoms. The normalized spacial score (nSPS) is 10.6. The maximum Gasteiger partial charge on any atom is 0.189 e. The fourth-order valence-electron chi connectivity index (χ4n) is 0.970. The quantitative estimate of drug-likeness (QED) is 0.572. The fraction of sp³-hybridized carbons (Fsp3) is 0.100. The minimum Gasteiger partial charge on any atom is -0.508 e. The number of halogens is 1. The van der Waals surface area contributed by atoms with Gasteiger partial charge in [-0.15, -0.1) is 0 Å². The molecule has 0 saturated carbocycles. The molecule has 0 spiro atoms. The monoisotopic (exact) mass is 196 g/mol. The highest BCUT2D eigenvalue weighted by molar-refractivity contribution is 6.06. The van der Waals surface area contributed by atoms with Gasteiger partial charge in [0.15, 0.2) is 5.78 Å². The number of alkyl halides is 1. The van der Waals surface area contributed by atoms with Crippen LogP contribution in [0, 0.1) is 0 Å². The van der Waals surface area contributed by atoms with Crippen LogP contribution in [0.3, 0.4) is 0 Å². The second kappa shape index (κ2) is 4.41. The standard InChI is InChI=1S/C10H9FO3/c11-5-1-2-9(13)8-4-3-7(12)6-10(8)14/h1-4,6,12,14H,5H2/b2-1+. The van der Waals surface area contributed by atoms with Crippen molar-refractivity contribution in [1.82, 2.24) is 0 Å². The summed E-state index contributed by atoms with van der Waals surface area (Å²) < 4.78 is 11.7. The molecule has 0 fully saturated rings. The molecule has 1 rings (SSSR count). The number of phenols is 2. The van der Waals surface area contributed by atoms with E-state index in [9.17, 15) is 14.3 Å². The topological polar surface area (TPSA) is 57.5 Å². The van der Waals surface area contributed by atoms with Crippen LogP contribution in [-0.2, 0) is 0 Å². The number of ketones is 1. The van der Waals surface area contributed by atoms with Crippen molar-refractivity contribution in [2.45, 2.75) is 0 Å². The number of allylic oxidation sites excluding steroid dienone is 2. The van der Waals surface area contributed by atoms with Crippen molar-refractivity contribution in [1.29, 1.82) is 0 Å². The van der Waals surface area contributed by atoms with Gasteiger partial charge in [0.1, 0.15) is 18.2 Å². The predicted octanol–water partition coefficient (Wildman–Crippen LogP) is 1.81. The summed E-state index contributed by atoms with van der Waals surface area (Å²) in [6.07, 6.45) is 2.08. The number of hydrogen-bond donors (Lipinski definition) is 2. The molecule has 0 unspecified atom stereocenters. The van der Waals surface area contributed by atoms with Gasteiger partial charge in [0.2, 0.25) is 0 Å². The zero-order valence-corrected chi connectivity index (χ0v) is 7.27. The predicted molar refractivity (Wildman–Crippen MR) is 49.2 cm³/mol. The maximum atomic E-state index is 11.7. The molecule has 1 aromatic carbocycles. The molecule has 2 N–H and O–H groups in total. The molecular formula is C10H9FO3. The largest absolute Gasteiger partial charge is 0.508 e. The summed E-state index contributed by atoms with van der Waals surface area (Å²) in [5.74, 6) is -0.952. The van der Waals surface area contributed by atoms with Gasteiger partial charge in [0.05, 0.1) is 5.56 Å². The average Bonchev–Trinajstić information content (AvgIpc) is 2.14. The molecule has 0 aliphatic rings. The highest BCUT2D eigenvalue weighted by Gasteiger charge is 2.07. The SMILES string of the molecule is O=C(/C=C/CF)c1ccc(O)cc1O. The van der Waals surface area contributed by atoms with Gasteiger partial charge in [-0.2, -0.15) is 0 Å². The number of aromatic hydroxyl groups is 2. The van der Waals surface area contributed by atoms with Gasteiger partial charge in [-0.25, -0.2) is 4.39 Å². The van der Waals surface area contributed by atoms with Gasteiger partial charge in [0.25, 0.3) is 0 Å². The second-order valence-electron chi connectivity index (χ2n) is 2.62. The van der Waals surface area contributed by atoms with Gasteiger partial charge in [0, 0.05) is 6.07 Å². The molecule has 0 radical (unpaired) electrons. The van der Waals surface area contributed by atoms with E-state index in [1.807, 2.05) is 0 Å². The number of carbonyl (C=O) groups excluding carboxylic acids is 1. The summed E-state index contributed by atoms with van der Waals surface area (Å²) in [7, 11) is 0. The molecule has 74 valence electrons. The lowest BCUT2D eigenvalue weighted by Gasteiger charge is -2.00. The van der Waals surface area contributed by atoms with Crippen LogP contribution in [0.15, 0.2) is 30.4 Å². The first kappa shape index (κ1) is 10.2. The summed E-state index contributed by atoms with van der Waals surface area (Å²) in [6.45, 7) is -0.732. The molecule has 1 aromatic rings. The second-order valence-corrected chi connectivity index (χ2v) is 2.62. The van der Waals surface area contributed by atoms with Crippen LogP contribution in [0.1, 0.15) is 10.4 Å². The van der Waals surface area contributed by atoms with E-state index in [0.29, 0.717) is 0 Å². The van der Waals surface area contributed by atoms with Crippen molar-refractivity contribution in [3.8, 4) is 11.5 Å². The third-order valence-corrected chi connectivity index (χ3v) is 1.61. The van der Waals surface area contributed by atoms with Crippen LogP contribution < -0.4 is 0 Å². The molecule has 0 atom stereocenters. The van der Waals surface area contributed by atoms with Gasteiger partial charge in [-0.1, -0.05) is 0 Å². The van der Waals surface area contributed by atoms with Crippen LogP contribution in [0.4, 0.5) is 4.39 Å². The van der Waals surface area contributed by atoms with Crippen molar-refractivity contribution in [2.24, 2.45) is 0 Å². The van der Waals surface area contributed by atoms with E-state index in [4.69, 9.17) is 5.11 Å². The molecule has 0 aliphatic carbocycles. The Morgan fingerprint density at radius 1 is 1.43 bits per heavy atom. The van der Waals surface area contributed by atoms with E-state index in [0.717, 1.165) is 18.2 Å². The lowest BCUT2D eigenvalue weighted by molar-refractivity contribution is 0.104. The molecule has 3 nitrogen and oxygen atoms in total. The third-order valence-electron chi connectivity index (χ3n) is 1.61. The lowest BCUT2D eigenvalue weighted by atomic mass is 10.1. The van der Waals surface area contributed by atoms with E-state index in [1.165, 1.54) is 12.1 Å². The van der Waals surface area contributed by atoms with Gasteiger partial charge in [-0.05, 0) is 24.3 Å². The summed E-state index contributed by atoms with van der Waals surface area (Å²) in [6, 6.07) is 3.60. The van der Waals surface area contributed by atoms with Gasteiger partial charge >= 0.3 is 0 Å². The van der Waals surface area contributed by atoms with Crippen molar-refractivity contribution >= 4 is 5.78 Å². The van der Waals surface area contributed by atoms with E-state index in [2.05, 4.69) is 0 Å². The van der Waals surface area contributed by atoms with Crippen molar-refractivity contribution < 1.29 is 19.4 Å². The van der Waals surface area contributed by atoms with Crippen LogP contribution in [0.25, 0.3) is 0 Å². The first-order chi connectivity index (χ1) is 6.65. The maximum absolute atomic E-state index is 11.7. The molecular weight excluding hydrogens is 187 g/mol. The van der Waals surface area contributed by atoms with E-state index in [1.54, 1.807) is 0 Å². The fourth-order valence-corrected chi connectivity index (χ4v) is 0.970. The number of carbonyl (C=O) groups is 1. The van der Waals surface area contributed by atoms with Crippen molar-refractivity contribution in [2.75, 3.05) is 6.67 Å². The summed E-state index contributed by atoms with van der Waals surface area (Å²) in [5.41, 5.74) is 0.0347. The number of benzene rings is 1. The molecule has 0 aliphatic heterocycles. The highest BCUT2D eigenvalue weighted by Crippen LogP contribution is 2.22. The van der Waals surface area contributed by atoms with Crippen LogP contribution in [0.2, 0.25) is 0 Å². The highest BCUT2D eigenvalue weighted by atomic mass is 19.1. The Morgan fingerprint density at radius 3 is 2.71 bits per heavy atom.